The molecule has 0 spiro atoms. The highest BCUT2D eigenvalue weighted by Gasteiger charge is 2.16. The SMILES string of the molecule is CC[C@@H](C)Nc1nc(NC[C@@H]2CCCO2)cc(-c2cccnc2)n1. The van der Waals surface area contributed by atoms with Crippen LogP contribution in [-0.2, 0) is 4.74 Å². The lowest BCUT2D eigenvalue weighted by Crippen LogP contribution is -2.20. The first-order valence-corrected chi connectivity index (χ1v) is 8.66. The molecule has 6 nitrogen and oxygen atoms in total. The largest absolute Gasteiger partial charge is 0.376 e. The molecule has 0 unspecified atom stereocenters. The maximum Gasteiger partial charge on any atom is 0.225 e. The van der Waals surface area contributed by atoms with Crippen LogP contribution in [-0.4, -0.2) is 40.2 Å². The highest BCUT2D eigenvalue weighted by atomic mass is 16.5. The average molecular weight is 327 g/mol. The van der Waals surface area contributed by atoms with Crippen molar-refractivity contribution >= 4 is 11.8 Å². The third-order valence-electron chi connectivity index (χ3n) is 4.21. The molecule has 2 aromatic rings. The second-order valence-electron chi connectivity index (χ2n) is 6.17. The van der Waals surface area contributed by atoms with Crippen molar-refractivity contribution in [2.45, 2.75) is 45.3 Å². The van der Waals surface area contributed by atoms with Crippen molar-refractivity contribution in [1.29, 1.82) is 0 Å². The Balaban J connectivity index is 1.81. The van der Waals surface area contributed by atoms with Gasteiger partial charge in [0.2, 0.25) is 5.95 Å². The Labute approximate surface area is 143 Å². The van der Waals surface area contributed by atoms with E-state index in [4.69, 9.17) is 4.74 Å². The molecule has 0 radical (unpaired) electrons. The van der Waals surface area contributed by atoms with E-state index >= 15 is 0 Å². The van der Waals surface area contributed by atoms with Crippen LogP contribution in [0.4, 0.5) is 11.8 Å². The first kappa shape index (κ1) is 16.6. The fraction of sp³-hybridized carbons (Fsp3) is 0.500. The van der Waals surface area contributed by atoms with Crippen LogP contribution in [0, 0.1) is 0 Å². The monoisotopic (exact) mass is 327 g/mol. The van der Waals surface area contributed by atoms with Crippen molar-refractivity contribution in [1.82, 2.24) is 15.0 Å². The summed E-state index contributed by atoms with van der Waals surface area (Å²) in [6, 6.07) is 6.21. The van der Waals surface area contributed by atoms with Crippen LogP contribution < -0.4 is 10.6 Å². The van der Waals surface area contributed by atoms with Gasteiger partial charge in [-0.05, 0) is 38.3 Å². The summed E-state index contributed by atoms with van der Waals surface area (Å²) < 4.78 is 5.67. The molecule has 2 atom stereocenters. The molecule has 0 amide bonds. The second kappa shape index (κ2) is 8.06. The molecule has 128 valence electrons. The van der Waals surface area contributed by atoms with Crippen LogP contribution in [0.1, 0.15) is 33.1 Å². The standard InChI is InChI=1S/C18H25N5O/c1-3-13(2)21-18-22-16(14-6-4-8-19-11-14)10-17(23-18)20-12-15-7-5-9-24-15/h4,6,8,10-11,13,15H,3,5,7,9,12H2,1-2H3,(H2,20,21,22,23)/t13-,15+/m1/s1. The van der Waals surface area contributed by atoms with Gasteiger partial charge in [-0.1, -0.05) is 6.92 Å². The number of ether oxygens (including phenoxy) is 1. The van der Waals surface area contributed by atoms with Crippen LogP contribution in [0.5, 0.6) is 0 Å². The predicted octanol–water partition coefficient (Wildman–Crippen LogP) is 3.34. The summed E-state index contributed by atoms with van der Waals surface area (Å²) in [7, 11) is 0. The summed E-state index contributed by atoms with van der Waals surface area (Å²) in [5, 5.41) is 6.75. The van der Waals surface area contributed by atoms with Gasteiger partial charge in [-0.3, -0.25) is 4.98 Å². The molecule has 0 aliphatic carbocycles. The minimum Gasteiger partial charge on any atom is -0.376 e. The van der Waals surface area contributed by atoms with E-state index in [1.165, 1.54) is 0 Å². The van der Waals surface area contributed by atoms with Crippen LogP contribution in [0.3, 0.4) is 0 Å². The van der Waals surface area contributed by atoms with Gasteiger partial charge in [0.15, 0.2) is 0 Å². The number of aromatic nitrogens is 3. The fourth-order valence-electron chi connectivity index (χ4n) is 2.61. The third-order valence-corrected chi connectivity index (χ3v) is 4.21. The van der Waals surface area contributed by atoms with Crippen molar-refractivity contribution in [3.8, 4) is 11.3 Å². The van der Waals surface area contributed by atoms with E-state index < -0.39 is 0 Å². The smallest absolute Gasteiger partial charge is 0.225 e. The average Bonchev–Trinajstić information content (AvgIpc) is 3.14. The molecular formula is C18H25N5O. The van der Waals surface area contributed by atoms with Crippen molar-refractivity contribution < 1.29 is 4.74 Å². The minimum absolute atomic E-state index is 0.271. The summed E-state index contributed by atoms with van der Waals surface area (Å²) in [5.74, 6) is 1.45. The molecule has 1 aliphatic heterocycles. The third kappa shape index (κ3) is 4.41. The van der Waals surface area contributed by atoms with Gasteiger partial charge in [0.1, 0.15) is 5.82 Å². The molecule has 0 bridgehead atoms. The van der Waals surface area contributed by atoms with Gasteiger partial charge in [-0.15, -0.1) is 0 Å². The molecule has 0 aromatic carbocycles. The molecule has 0 saturated carbocycles. The number of nitrogens with zero attached hydrogens (tertiary/aromatic N) is 3. The molecule has 6 heteroatoms. The van der Waals surface area contributed by atoms with Gasteiger partial charge in [0, 0.05) is 43.2 Å². The Bertz CT molecular complexity index is 643. The molecule has 2 N–H and O–H groups in total. The number of pyridine rings is 1. The lowest BCUT2D eigenvalue weighted by atomic mass is 10.2. The summed E-state index contributed by atoms with van der Waals surface area (Å²) in [4.78, 5) is 13.4. The number of hydrogen-bond acceptors (Lipinski definition) is 6. The van der Waals surface area contributed by atoms with E-state index in [0.717, 1.165) is 49.5 Å². The Morgan fingerprint density at radius 3 is 3.00 bits per heavy atom. The Hall–Kier alpha value is -2.21. The normalized spacial score (nSPS) is 18.3. The molecule has 3 rings (SSSR count). The molecule has 2 aromatic heterocycles. The first-order valence-electron chi connectivity index (χ1n) is 8.66. The van der Waals surface area contributed by atoms with E-state index in [1.54, 1.807) is 6.20 Å². The molecule has 24 heavy (non-hydrogen) atoms. The van der Waals surface area contributed by atoms with Gasteiger partial charge in [0.05, 0.1) is 11.8 Å². The lowest BCUT2D eigenvalue weighted by Gasteiger charge is -2.16. The first-order chi connectivity index (χ1) is 11.7. The number of anilines is 2. The van der Waals surface area contributed by atoms with E-state index in [9.17, 15) is 0 Å². The van der Waals surface area contributed by atoms with Gasteiger partial charge < -0.3 is 15.4 Å². The van der Waals surface area contributed by atoms with E-state index in [-0.39, 0.29) is 6.10 Å². The lowest BCUT2D eigenvalue weighted by molar-refractivity contribution is 0.120. The summed E-state index contributed by atoms with van der Waals surface area (Å²) >= 11 is 0. The van der Waals surface area contributed by atoms with Crippen LogP contribution >= 0.6 is 0 Å². The maximum atomic E-state index is 5.67. The minimum atomic E-state index is 0.271. The number of nitrogens with one attached hydrogen (secondary N) is 2. The maximum absolute atomic E-state index is 5.67. The molecule has 3 heterocycles. The van der Waals surface area contributed by atoms with E-state index in [0.29, 0.717) is 12.0 Å². The van der Waals surface area contributed by atoms with Crippen molar-refractivity contribution in [3.63, 3.8) is 0 Å². The Kier molecular flexibility index (Phi) is 5.59. The molecule has 1 fully saturated rings. The van der Waals surface area contributed by atoms with Gasteiger partial charge in [0.25, 0.3) is 0 Å². The molecular weight excluding hydrogens is 302 g/mol. The zero-order chi connectivity index (χ0) is 16.8. The predicted molar refractivity (Wildman–Crippen MR) is 96.1 cm³/mol. The van der Waals surface area contributed by atoms with Crippen LogP contribution in [0.15, 0.2) is 30.6 Å². The van der Waals surface area contributed by atoms with Gasteiger partial charge in [-0.25, -0.2) is 4.98 Å². The topological polar surface area (TPSA) is 72.0 Å². The fourth-order valence-corrected chi connectivity index (χ4v) is 2.61. The summed E-state index contributed by atoms with van der Waals surface area (Å²) in [6.45, 7) is 5.89. The van der Waals surface area contributed by atoms with Crippen molar-refractivity contribution in [3.05, 3.63) is 30.6 Å². The van der Waals surface area contributed by atoms with E-state index in [1.807, 2.05) is 24.4 Å². The quantitative estimate of drug-likeness (QED) is 0.812. The second-order valence-corrected chi connectivity index (χ2v) is 6.17. The Morgan fingerprint density at radius 1 is 1.38 bits per heavy atom. The van der Waals surface area contributed by atoms with Gasteiger partial charge in [-0.2, -0.15) is 4.98 Å². The zero-order valence-electron chi connectivity index (χ0n) is 14.3. The zero-order valence-corrected chi connectivity index (χ0v) is 14.3. The molecule has 1 aliphatic rings. The van der Waals surface area contributed by atoms with Crippen molar-refractivity contribution in [2.24, 2.45) is 0 Å². The van der Waals surface area contributed by atoms with E-state index in [2.05, 4.69) is 39.4 Å². The summed E-state index contributed by atoms with van der Waals surface area (Å²) in [5.41, 5.74) is 1.84. The highest BCUT2D eigenvalue weighted by molar-refractivity contribution is 5.63. The Morgan fingerprint density at radius 2 is 2.29 bits per heavy atom. The summed E-state index contributed by atoms with van der Waals surface area (Å²) in [6.07, 6.45) is 7.11. The number of hydrogen-bond donors (Lipinski definition) is 2. The highest BCUT2D eigenvalue weighted by Crippen LogP contribution is 2.22. The van der Waals surface area contributed by atoms with Gasteiger partial charge >= 0.3 is 0 Å². The molecule has 1 saturated heterocycles. The van der Waals surface area contributed by atoms with Crippen LogP contribution in [0.25, 0.3) is 11.3 Å². The number of rotatable bonds is 7. The van der Waals surface area contributed by atoms with Crippen LogP contribution in [0.2, 0.25) is 0 Å². The van der Waals surface area contributed by atoms with Crippen molar-refractivity contribution in [2.75, 3.05) is 23.8 Å².